The number of rotatable bonds is 4. The van der Waals surface area contributed by atoms with Crippen molar-refractivity contribution in [1.29, 1.82) is 0 Å². The van der Waals surface area contributed by atoms with Gasteiger partial charge in [0.15, 0.2) is 17.3 Å². The topological polar surface area (TPSA) is 84.9 Å². The zero-order valence-electron chi connectivity index (χ0n) is 16.2. The van der Waals surface area contributed by atoms with E-state index in [4.69, 9.17) is 9.47 Å². The maximum absolute atomic E-state index is 12.5. The molecular weight excluding hydrogens is 380 g/mol. The SMILES string of the molecule is CC(C)(C)C(=O)C=C1SCC(=O)N1CC(=O)Nc1ccc2c(c1)OCCCO2. The summed E-state index contributed by atoms with van der Waals surface area (Å²) < 4.78 is 11.2. The van der Waals surface area contributed by atoms with Gasteiger partial charge in [-0.15, -0.1) is 0 Å². The summed E-state index contributed by atoms with van der Waals surface area (Å²) in [7, 11) is 0. The second-order valence-electron chi connectivity index (χ2n) is 7.63. The first-order valence-corrected chi connectivity index (χ1v) is 10.1. The van der Waals surface area contributed by atoms with Gasteiger partial charge in [0.05, 0.1) is 24.0 Å². The molecule has 1 N–H and O–H groups in total. The molecule has 0 saturated carbocycles. The molecule has 1 aromatic rings. The molecule has 0 atom stereocenters. The van der Waals surface area contributed by atoms with Gasteiger partial charge in [0.25, 0.3) is 0 Å². The number of ether oxygens (including phenoxy) is 2. The third kappa shape index (κ3) is 4.86. The summed E-state index contributed by atoms with van der Waals surface area (Å²) in [5.74, 6) is 0.830. The Morgan fingerprint density at radius 2 is 1.93 bits per heavy atom. The van der Waals surface area contributed by atoms with Crippen LogP contribution in [0.3, 0.4) is 0 Å². The minimum atomic E-state index is -0.545. The van der Waals surface area contributed by atoms with Gasteiger partial charge >= 0.3 is 0 Å². The van der Waals surface area contributed by atoms with E-state index < -0.39 is 5.41 Å². The van der Waals surface area contributed by atoms with Crippen molar-refractivity contribution in [3.05, 3.63) is 29.3 Å². The van der Waals surface area contributed by atoms with Gasteiger partial charge in [0.2, 0.25) is 11.8 Å². The molecule has 0 aromatic heterocycles. The molecule has 1 saturated heterocycles. The number of fused-ring (bicyclic) bond motifs is 1. The van der Waals surface area contributed by atoms with Crippen LogP contribution in [0.25, 0.3) is 0 Å². The number of ketones is 1. The number of nitrogens with one attached hydrogen (secondary N) is 1. The lowest BCUT2D eigenvalue weighted by Crippen LogP contribution is -2.34. The first-order chi connectivity index (χ1) is 13.2. The number of carbonyl (C=O) groups is 3. The number of nitrogens with zero attached hydrogens (tertiary/aromatic N) is 1. The van der Waals surface area contributed by atoms with Gasteiger partial charge in [-0.2, -0.15) is 0 Å². The Kier molecular flexibility index (Phi) is 5.98. The second-order valence-corrected chi connectivity index (χ2v) is 8.62. The summed E-state index contributed by atoms with van der Waals surface area (Å²) in [4.78, 5) is 38.3. The van der Waals surface area contributed by atoms with Gasteiger partial charge in [0.1, 0.15) is 6.54 Å². The summed E-state index contributed by atoms with van der Waals surface area (Å²) in [6.45, 7) is 6.44. The lowest BCUT2D eigenvalue weighted by Gasteiger charge is -2.19. The van der Waals surface area contributed by atoms with Crippen LogP contribution < -0.4 is 14.8 Å². The molecule has 0 unspecified atom stereocenters. The lowest BCUT2D eigenvalue weighted by atomic mass is 9.91. The number of hydrogen-bond donors (Lipinski definition) is 1. The summed E-state index contributed by atoms with van der Waals surface area (Å²) in [5, 5.41) is 3.29. The van der Waals surface area contributed by atoms with Crippen LogP contribution in [0.5, 0.6) is 11.5 Å². The lowest BCUT2D eigenvalue weighted by molar-refractivity contribution is -0.129. The van der Waals surface area contributed by atoms with E-state index in [1.807, 2.05) is 20.8 Å². The summed E-state index contributed by atoms with van der Waals surface area (Å²) in [5.41, 5.74) is 0.0154. The highest BCUT2D eigenvalue weighted by Gasteiger charge is 2.30. The van der Waals surface area contributed by atoms with Crippen molar-refractivity contribution in [1.82, 2.24) is 4.90 Å². The average molecular weight is 404 g/mol. The summed E-state index contributed by atoms with van der Waals surface area (Å²) in [6, 6.07) is 5.19. The van der Waals surface area contributed by atoms with Gasteiger partial charge < -0.3 is 14.8 Å². The first kappa shape index (κ1) is 20.3. The maximum Gasteiger partial charge on any atom is 0.244 e. The summed E-state index contributed by atoms with van der Waals surface area (Å²) >= 11 is 1.27. The number of thioether (sulfide) groups is 1. The predicted molar refractivity (Wildman–Crippen MR) is 107 cm³/mol. The largest absolute Gasteiger partial charge is 0.490 e. The molecule has 0 radical (unpaired) electrons. The van der Waals surface area contributed by atoms with Crippen molar-refractivity contribution in [2.45, 2.75) is 27.2 Å². The number of amides is 2. The molecule has 150 valence electrons. The van der Waals surface area contributed by atoms with Crippen LogP contribution in [0.15, 0.2) is 29.3 Å². The van der Waals surface area contributed by atoms with Crippen molar-refractivity contribution in [2.75, 3.05) is 30.8 Å². The predicted octanol–water partition coefficient (Wildman–Crippen LogP) is 2.82. The van der Waals surface area contributed by atoms with E-state index in [1.54, 1.807) is 18.2 Å². The molecule has 7 nitrogen and oxygen atoms in total. The van der Waals surface area contributed by atoms with E-state index in [2.05, 4.69) is 5.32 Å². The molecule has 2 aliphatic heterocycles. The maximum atomic E-state index is 12.5. The Balaban J connectivity index is 1.68. The molecule has 2 aliphatic rings. The number of carbonyl (C=O) groups excluding carboxylic acids is 3. The fourth-order valence-corrected chi connectivity index (χ4v) is 3.55. The van der Waals surface area contributed by atoms with Crippen molar-refractivity contribution in [3.63, 3.8) is 0 Å². The highest BCUT2D eigenvalue weighted by Crippen LogP contribution is 2.33. The van der Waals surface area contributed by atoms with Crippen molar-refractivity contribution >= 4 is 35.0 Å². The zero-order chi connectivity index (χ0) is 20.3. The Morgan fingerprint density at radius 3 is 2.64 bits per heavy atom. The number of benzene rings is 1. The fourth-order valence-electron chi connectivity index (χ4n) is 2.61. The van der Waals surface area contributed by atoms with Crippen LogP contribution in [0.1, 0.15) is 27.2 Å². The second kappa shape index (κ2) is 8.26. The van der Waals surface area contributed by atoms with E-state index in [0.717, 1.165) is 6.42 Å². The van der Waals surface area contributed by atoms with E-state index in [1.165, 1.54) is 22.7 Å². The van der Waals surface area contributed by atoms with Crippen LogP contribution in [0.4, 0.5) is 5.69 Å². The Labute approximate surface area is 168 Å². The van der Waals surface area contributed by atoms with Crippen LogP contribution in [-0.4, -0.2) is 48.0 Å². The van der Waals surface area contributed by atoms with Crippen LogP contribution in [0.2, 0.25) is 0 Å². The Morgan fingerprint density at radius 1 is 1.21 bits per heavy atom. The van der Waals surface area contributed by atoms with Crippen molar-refractivity contribution in [2.24, 2.45) is 5.41 Å². The molecule has 0 bridgehead atoms. The van der Waals surface area contributed by atoms with Crippen molar-refractivity contribution in [3.8, 4) is 11.5 Å². The van der Waals surface area contributed by atoms with Gasteiger partial charge in [-0.05, 0) is 12.1 Å². The minimum Gasteiger partial charge on any atom is -0.490 e. The molecule has 0 spiro atoms. The zero-order valence-corrected chi connectivity index (χ0v) is 17.1. The molecule has 8 heteroatoms. The van der Waals surface area contributed by atoms with Gasteiger partial charge in [0, 0.05) is 29.7 Å². The average Bonchev–Trinajstić information content (AvgIpc) is 2.83. The number of allylic oxidation sites excluding steroid dienone is 1. The molecule has 28 heavy (non-hydrogen) atoms. The van der Waals surface area contributed by atoms with Gasteiger partial charge in [-0.1, -0.05) is 32.5 Å². The normalized spacial score (nSPS) is 18.2. The van der Waals surface area contributed by atoms with E-state index >= 15 is 0 Å². The first-order valence-electron chi connectivity index (χ1n) is 9.13. The smallest absolute Gasteiger partial charge is 0.244 e. The highest BCUT2D eigenvalue weighted by atomic mass is 32.2. The number of anilines is 1. The molecule has 1 fully saturated rings. The van der Waals surface area contributed by atoms with E-state index in [0.29, 0.717) is 35.4 Å². The monoisotopic (exact) mass is 404 g/mol. The highest BCUT2D eigenvalue weighted by molar-refractivity contribution is 8.04. The van der Waals surface area contributed by atoms with Gasteiger partial charge in [-0.25, -0.2) is 0 Å². The molecule has 1 aromatic carbocycles. The molecular formula is C20H24N2O5S. The van der Waals surface area contributed by atoms with E-state index in [9.17, 15) is 14.4 Å². The van der Waals surface area contributed by atoms with Gasteiger partial charge in [-0.3, -0.25) is 19.3 Å². The molecule has 2 amide bonds. The quantitative estimate of drug-likeness (QED) is 0.777. The van der Waals surface area contributed by atoms with Crippen LogP contribution >= 0.6 is 11.8 Å². The molecule has 0 aliphatic carbocycles. The van der Waals surface area contributed by atoms with Crippen molar-refractivity contribution < 1.29 is 23.9 Å². The number of hydrogen-bond acceptors (Lipinski definition) is 6. The standard InChI is InChI=1S/C20H24N2O5S/c1-20(2,3)16(23)10-19-22(18(25)12-28-19)11-17(24)21-13-5-6-14-15(9-13)27-8-4-7-26-14/h5-6,9-10H,4,7-8,11-12H2,1-3H3,(H,21,24). The third-order valence-corrected chi connectivity index (χ3v) is 5.26. The van der Waals surface area contributed by atoms with E-state index in [-0.39, 0.29) is 29.9 Å². The summed E-state index contributed by atoms with van der Waals surface area (Å²) in [6.07, 6.45) is 2.25. The Bertz CT molecular complexity index is 828. The molecule has 2 heterocycles. The third-order valence-electron chi connectivity index (χ3n) is 4.24. The van der Waals surface area contributed by atoms with Crippen LogP contribution in [-0.2, 0) is 14.4 Å². The minimum absolute atomic E-state index is 0.0852. The molecule has 3 rings (SSSR count). The Hall–Kier alpha value is -2.48. The van der Waals surface area contributed by atoms with Crippen LogP contribution in [0, 0.1) is 5.41 Å². The fraction of sp³-hybridized carbons (Fsp3) is 0.450.